The van der Waals surface area contributed by atoms with Crippen LogP contribution in [0.2, 0.25) is 0 Å². The molecule has 0 radical (unpaired) electrons. The number of ether oxygens (including phenoxy) is 3. The van der Waals surface area contributed by atoms with E-state index in [9.17, 15) is 0 Å². The van der Waals surface area contributed by atoms with Gasteiger partial charge in [0.25, 0.3) is 0 Å². The molecule has 7 nitrogen and oxygen atoms in total. The molecule has 1 saturated heterocycles. The normalized spacial score (nSPS) is 14.6. The van der Waals surface area contributed by atoms with Gasteiger partial charge in [-0.15, -0.1) is 24.0 Å². The van der Waals surface area contributed by atoms with E-state index in [1.807, 2.05) is 18.2 Å². The van der Waals surface area contributed by atoms with Gasteiger partial charge in [-0.1, -0.05) is 30.3 Å². The number of nitrogens with one attached hydrogen (secondary N) is 1. The summed E-state index contributed by atoms with van der Waals surface area (Å²) < 4.78 is 16.0. The molecule has 1 aliphatic rings. The summed E-state index contributed by atoms with van der Waals surface area (Å²) in [5, 5.41) is 3.17. The van der Waals surface area contributed by atoms with E-state index >= 15 is 0 Å². The molecule has 3 N–H and O–H groups in total. The topological polar surface area (TPSA) is 81.3 Å². The fraction of sp³-hybridized carbons (Fsp3) is 0.435. The first kappa shape index (κ1) is 25.2. The Morgan fingerprint density at radius 3 is 2.32 bits per heavy atom. The lowest BCUT2D eigenvalue weighted by Gasteiger charge is -2.26. The van der Waals surface area contributed by atoms with Crippen molar-refractivity contribution in [3.05, 3.63) is 59.2 Å². The Kier molecular flexibility index (Phi) is 10.9. The second kappa shape index (κ2) is 13.4. The third-order valence-electron chi connectivity index (χ3n) is 5.13. The molecular weight excluding hydrogens is 507 g/mol. The maximum atomic E-state index is 6.02. The molecule has 0 unspecified atom stereocenters. The van der Waals surface area contributed by atoms with Crippen LogP contribution >= 0.6 is 24.0 Å². The number of hydrogen-bond acceptors (Lipinski definition) is 5. The van der Waals surface area contributed by atoms with Gasteiger partial charge in [0.1, 0.15) is 0 Å². The van der Waals surface area contributed by atoms with Gasteiger partial charge < -0.3 is 25.3 Å². The molecule has 1 fully saturated rings. The van der Waals surface area contributed by atoms with Crippen molar-refractivity contribution < 1.29 is 14.2 Å². The van der Waals surface area contributed by atoms with Crippen molar-refractivity contribution in [2.75, 3.05) is 47.1 Å². The highest BCUT2D eigenvalue weighted by atomic mass is 127. The van der Waals surface area contributed by atoms with Crippen molar-refractivity contribution in [1.29, 1.82) is 0 Å². The van der Waals surface area contributed by atoms with Gasteiger partial charge in [0.05, 0.1) is 34.0 Å². The number of methoxy groups -OCH3 is 2. The Balaban J connectivity index is 0.00000341. The number of guanidine groups is 1. The Labute approximate surface area is 202 Å². The summed E-state index contributed by atoms with van der Waals surface area (Å²) in [5.41, 5.74) is 9.61. The van der Waals surface area contributed by atoms with Crippen LogP contribution in [0.3, 0.4) is 0 Å². The summed E-state index contributed by atoms with van der Waals surface area (Å²) in [6.07, 6.45) is 0.812. The zero-order valence-electron chi connectivity index (χ0n) is 18.3. The van der Waals surface area contributed by atoms with E-state index in [1.165, 1.54) is 5.56 Å². The van der Waals surface area contributed by atoms with E-state index in [4.69, 9.17) is 19.9 Å². The van der Waals surface area contributed by atoms with Crippen molar-refractivity contribution in [3.63, 3.8) is 0 Å². The molecule has 0 atom stereocenters. The molecule has 0 saturated carbocycles. The fourth-order valence-electron chi connectivity index (χ4n) is 3.37. The number of morpholine rings is 1. The van der Waals surface area contributed by atoms with Crippen LogP contribution in [0.4, 0.5) is 0 Å². The second-order valence-electron chi connectivity index (χ2n) is 7.27. The average Bonchev–Trinajstić information content (AvgIpc) is 2.79. The molecule has 0 spiro atoms. The summed E-state index contributed by atoms with van der Waals surface area (Å²) >= 11 is 0. The molecule has 1 heterocycles. The lowest BCUT2D eigenvalue weighted by Crippen LogP contribution is -2.35. The number of halogens is 1. The van der Waals surface area contributed by atoms with Crippen molar-refractivity contribution in [3.8, 4) is 11.5 Å². The summed E-state index contributed by atoms with van der Waals surface area (Å²) in [5.74, 6) is 1.91. The van der Waals surface area contributed by atoms with Gasteiger partial charge in [-0.25, -0.2) is 4.99 Å². The highest BCUT2D eigenvalue weighted by Gasteiger charge is 2.10. The third-order valence-corrected chi connectivity index (χ3v) is 5.13. The number of benzene rings is 2. The second-order valence-corrected chi connectivity index (χ2v) is 7.27. The lowest BCUT2D eigenvalue weighted by molar-refractivity contribution is 0.0342. The van der Waals surface area contributed by atoms with E-state index in [2.05, 4.69) is 39.5 Å². The first-order valence-electron chi connectivity index (χ1n) is 10.3. The largest absolute Gasteiger partial charge is 0.493 e. The minimum Gasteiger partial charge on any atom is -0.493 e. The number of hydrogen-bond donors (Lipinski definition) is 2. The summed E-state index contributed by atoms with van der Waals surface area (Å²) in [6.45, 7) is 5.87. The predicted octanol–water partition coefficient (Wildman–Crippen LogP) is 2.80. The molecule has 2 aromatic rings. The molecule has 3 rings (SSSR count). The monoisotopic (exact) mass is 540 g/mol. The van der Waals surface area contributed by atoms with Crippen molar-refractivity contribution in [2.24, 2.45) is 10.7 Å². The van der Waals surface area contributed by atoms with Crippen molar-refractivity contribution in [2.45, 2.75) is 19.5 Å². The minimum atomic E-state index is 0. The number of rotatable bonds is 9. The zero-order chi connectivity index (χ0) is 21.2. The highest BCUT2D eigenvalue weighted by Crippen LogP contribution is 2.27. The third kappa shape index (κ3) is 8.19. The van der Waals surface area contributed by atoms with Gasteiger partial charge in [0.2, 0.25) is 0 Å². The van der Waals surface area contributed by atoms with E-state index in [1.54, 1.807) is 14.2 Å². The standard InChI is InChI=1S/C23H32N4O3.HI/c1-28-21-8-7-18(15-22(21)29-2)9-10-25-23(24)26-16-19-3-5-20(6-4-19)17-27-11-13-30-14-12-27;/h3-8,15H,9-14,16-17H2,1-2H3,(H3,24,25,26);1H. The van der Waals surface area contributed by atoms with Crippen LogP contribution in [0.25, 0.3) is 0 Å². The van der Waals surface area contributed by atoms with E-state index in [-0.39, 0.29) is 24.0 Å². The van der Waals surface area contributed by atoms with E-state index in [0.29, 0.717) is 19.0 Å². The lowest BCUT2D eigenvalue weighted by atomic mass is 10.1. The van der Waals surface area contributed by atoms with Crippen LogP contribution in [0.1, 0.15) is 16.7 Å². The van der Waals surface area contributed by atoms with Crippen LogP contribution in [-0.2, 0) is 24.2 Å². The number of nitrogens with two attached hydrogens (primary N) is 1. The van der Waals surface area contributed by atoms with Crippen LogP contribution in [-0.4, -0.2) is 57.9 Å². The molecule has 0 aromatic heterocycles. The molecular formula is C23H33IN4O3. The van der Waals surface area contributed by atoms with Gasteiger partial charge in [0, 0.05) is 26.2 Å². The van der Waals surface area contributed by atoms with Gasteiger partial charge in [-0.2, -0.15) is 0 Å². The Bertz CT molecular complexity index is 824. The van der Waals surface area contributed by atoms with Crippen molar-refractivity contribution in [1.82, 2.24) is 10.2 Å². The zero-order valence-corrected chi connectivity index (χ0v) is 20.6. The van der Waals surface area contributed by atoms with Crippen LogP contribution in [0.5, 0.6) is 11.5 Å². The first-order valence-corrected chi connectivity index (χ1v) is 10.3. The predicted molar refractivity (Wildman–Crippen MR) is 135 cm³/mol. The highest BCUT2D eigenvalue weighted by molar-refractivity contribution is 14.0. The van der Waals surface area contributed by atoms with Crippen LogP contribution in [0.15, 0.2) is 47.5 Å². The minimum absolute atomic E-state index is 0. The summed E-state index contributed by atoms with van der Waals surface area (Å²) in [6, 6.07) is 14.5. The Morgan fingerprint density at radius 2 is 1.65 bits per heavy atom. The molecule has 0 bridgehead atoms. The maximum Gasteiger partial charge on any atom is 0.188 e. The van der Waals surface area contributed by atoms with Crippen LogP contribution in [0, 0.1) is 0 Å². The fourth-order valence-corrected chi connectivity index (χ4v) is 3.37. The number of nitrogens with zero attached hydrogens (tertiary/aromatic N) is 2. The summed E-state index contributed by atoms with van der Waals surface area (Å²) in [7, 11) is 3.27. The molecule has 0 amide bonds. The van der Waals surface area contributed by atoms with Crippen molar-refractivity contribution >= 4 is 29.9 Å². The first-order chi connectivity index (χ1) is 14.7. The molecule has 170 valence electrons. The van der Waals surface area contributed by atoms with Gasteiger partial charge in [-0.05, 0) is 35.2 Å². The van der Waals surface area contributed by atoms with Gasteiger partial charge in [-0.3, -0.25) is 4.90 Å². The SMILES string of the molecule is COc1ccc(CCNC(N)=NCc2ccc(CN3CCOCC3)cc2)cc1OC.I. The quantitative estimate of drug-likeness (QED) is 0.289. The Morgan fingerprint density at radius 1 is 1.00 bits per heavy atom. The van der Waals surface area contributed by atoms with Gasteiger partial charge >= 0.3 is 0 Å². The van der Waals surface area contributed by atoms with Gasteiger partial charge in [0.15, 0.2) is 17.5 Å². The number of aliphatic imine (C=N–C) groups is 1. The van der Waals surface area contributed by atoms with Crippen LogP contribution < -0.4 is 20.5 Å². The summed E-state index contributed by atoms with van der Waals surface area (Å²) in [4.78, 5) is 6.86. The molecule has 0 aliphatic carbocycles. The van der Waals surface area contributed by atoms with E-state index in [0.717, 1.165) is 61.9 Å². The maximum absolute atomic E-state index is 6.02. The van der Waals surface area contributed by atoms with E-state index < -0.39 is 0 Å². The Hall–Kier alpha value is -2.04. The molecule has 1 aliphatic heterocycles. The molecule has 2 aromatic carbocycles. The smallest absolute Gasteiger partial charge is 0.188 e. The average molecular weight is 540 g/mol. The molecule has 8 heteroatoms. The molecule has 31 heavy (non-hydrogen) atoms.